The van der Waals surface area contributed by atoms with Gasteiger partial charge in [-0.05, 0) is 39.0 Å². The molecule has 2 N–H and O–H groups in total. The van der Waals surface area contributed by atoms with Gasteiger partial charge in [-0.25, -0.2) is 15.0 Å². The van der Waals surface area contributed by atoms with Crippen molar-refractivity contribution in [3.63, 3.8) is 0 Å². The average molecular weight is 461 g/mol. The summed E-state index contributed by atoms with van der Waals surface area (Å²) in [5.74, 6) is 1.21. The van der Waals surface area contributed by atoms with E-state index in [-0.39, 0.29) is 10.8 Å². The van der Waals surface area contributed by atoms with Gasteiger partial charge in [0.25, 0.3) is 0 Å². The SMILES string of the molecule is CC1N(c2cc(Cl)ncn2)C(C)(OCCOc2ccc3cccnc3n2)SC1(C)CN. The number of pyridine rings is 2. The van der Waals surface area contributed by atoms with Gasteiger partial charge in [-0.2, -0.15) is 4.98 Å². The molecule has 4 rings (SSSR count). The van der Waals surface area contributed by atoms with Crippen LogP contribution in [0.15, 0.2) is 42.9 Å². The van der Waals surface area contributed by atoms with E-state index in [9.17, 15) is 0 Å². The molecular formula is C21H25ClN6O2S. The topological polar surface area (TPSA) is 99.3 Å². The number of nitrogens with zero attached hydrogens (tertiary/aromatic N) is 5. The molecule has 164 valence electrons. The van der Waals surface area contributed by atoms with Crippen LogP contribution >= 0.6 is 23.4 Å². The van der Waals surface area contributed by atoms with Crippen molar-refractivity contribution in [2.75, 3.05) is 24.7 Å². The molecule has 4 heterocycles. The van der Waals surface area contributed by atoms with Crippen LogP contribution in [0.1, 0.15) is 20.8 Å². The van der Waals surface area contributed by atoms with Gasteiger partial charge >= 0.3 is 0 Å². The first kappa shape index (κ1) is 22.0. The molecule has 3 aromatic rings. The monoisotopic (exact) mass is 460 g/mol. The number of fused-ring (bicyclic) bond motifs is 1. The molecule has 3 atom stereocenters. The van der Waals surface area contributed by atoms with Crippen LogP contribution in [0.5, 0.6) is 5.88 Å². The molecule has 1 saturated heterocycles. The summed E-state index contributed by atoms with van der Waals surface area (Å²) in [5.41, 5.74) is 6.78. The second kappa shape index (κ2) is 8.74. The van der Waals surface area contributed by atoms with Crippen LogP contribution in [0.4, 0.5) is 5.82 Å². The number of anilines is 1. The Morgan fingerprint density at radius 1 is 1.19 bits per heavy atom. The number of halogens is 1. The molecule has 0 saturated carbocycles. The minimum absolute atomic E-state index is 0.0626. The van der Waals surface area contributed by atoms with E-state index in [4.69, 9.17) is 26.8 Å². The molecule has 8 nitrogen and oxygen atoms in total. The normalized spacial score (nSPS) is 25.8. The molecule has 31 heavy (non-hydrogen) atoms. The summed E-state index contributed by atoms with van der Waals surface area (Å²) in [6.45, 7) is 7.46. The zero-order valence-electron chi connectivity index (χ0n) is 17.7. The molecule has 1 aliphatic rings. The van der Waals surface area contributed by atoms with Crippen LogP contribution in [0.3, 0.4) is 0 Å². The number of nitrogens with two attached hydrogens (primary N) is 1. The zero-order valence-corrected chi connectivity index (χ0v) is 19.2. The van der Waals surface area contributed by atoms with Crippen LogP contribution in [-0.2, 0) is 4.74 Å². The highest BCUT2D eigenvalue weighted by Crippen LogP contribution is 2.52. The van der Waals surface area contributed by atoms with Gasteiger partial charge in [0.05, 0.1) is 11.4 Å². The van der Waals surface area contributed by atoms with Crippen LogP contribution in [0, 0.1) is 0 Å². The highest BCUT2D eigenvalue weighted by Gasteiger charge is 2.55. The lowest BCUT2D eigenvalue weighted by Crippen LogP contribution is -2.49. The Balaban J connectivity index is 1.46. The fraction of sp³-hybridized carbons (Fsp3) is 0.429. The van der Waals surface area contributed by atoms with E-state index in [0.29, 0.717) is 42.3 Å². The Labute approximate surface area is 190 Å². The minimum Gasteiger partial charge on any atom is -0.475 e. The highest BCUT2D eigenvalue weighted by atomic mass is 35.5. The number of hydrogen-bond acceptors (Lipinski definition) is 9. The Morgan fingerprint density at radius 3 is 2.81 bits per heavy atom. The first-order valence-electron chi connectivity index (χ1n) is 10.0. The van der Waals surface area contributed by atoms with Gasteiger partial charge in [0.2, 0.25) is 5.88 Å². The van der Waals surface area contributed by atoms with Crippen LogP contribution in [-0.4, -0.2) is 55.5 Å². The Hall–Kier alpha value is -2.20. The van der Waals surface area contributed by atoms with Gasteiger partial charge in [-0.15, -0.1) is 0 Å². The second-order valence-corrected chi connectivity index (χ2v) is 9.94. The number of ether oxygens (including phenoxy) is 2. The minimum atomic E-state index is -0.701. The number of rotatable bonds is 7. The third-order valence-corrected chi connectivity index (χ3v) is 7.42. The third-order valence-electron chi connectivity index (χ3n) is 5.54. The quantitative estimate of drug-likeness (QED) is 0.419. The molecule has 1 fully saturated rings. The first-order chi connectivity index (χ1) is 14.8. The largest absolute Gasteiger partial charge is 0.475 e. The summed E-state index contributed by atoms with van der Waals surface area (Å²) >= 11 is 7.80. The maximum atomic E-state index is 6.34. The average Bonchev–Trinajstić information content (AvgIpc) is 2.97. The number of aromatic nitrogens is 4. The number of hydrogen-bond donors (Lipinski definition) is 1. The fourth-order valence-corrected chi connectivity index (χ4v) is 5.62. The van der Waals surface area contributed by atoms with Crippen molar-refractivity contribution in [1.82, 2.24) is 19.9 Å². The number of thioether (sulfide) groups is 1. The molecule has 0 aliphatic carbocycles. The molecule has 0 aromatic carbocycles. The molecule has 1 aliphatic heterocycles. The van der Waals surface area contributed by atoms with Crippen molar-refractivity contribution in [3.8, 4) is 5.88 Å². The van der Waals surface area contributed by atoms with E-state index in [1.165, 1.54) is 6.33 Å². The predicted octanol–water partition coefficient (Wildman–Crippen LogP) is 3.50. The van der Waals surface area contributed by atoms with Crippen LogP contribution in [0.25, 0.3) is 11.0 Å². The zero-order chi connectivity index (χ0) is 22.1. The maximum Gasteiger partial charge on any atom is 0.215 e. The molecule has 0 bridgehead atoms. The molecule has 3 aromatic heterocycles. The molecule has 0 amide bonds. The summed E-state index contributed by atoms with van der Waals surface area (Å²) in [6, 6.07) is 9.42. The molecule has 0 spiro atoms. The summed E-state index contributed by atoms with van der Waals surface area (Å²) < 4.78 is 11.9. The van der Waals surface area contributed by atoms with Crippen LogP contribution in [0.2, 0.25) is 5.15 Å². The van der Waals surface area contributed by atoms with E-state index in [2.05, 4.69) is 38.7 Å². The maximum absolute atomic E-state index is 6.34. The Kier molecular flexibility index (Phi) is 6.20. The summed E-state index contributed by atoms with van der Waals surface area (Å²) in [7, 11) is 0. The van der Waals surface area contributed by atoms with Gasteiger partial charge < -0.3 is 20.1 Å². The lowest BCUT2D eigenvalue weighted by atomic mass is 10.0. The Bertz CT molecular complexity index is 1070. The van der Waals surface area contributed by atoms with Gasteiger partial charge in [0, 0.05) is 36.3 Å². The summed E-state index contributed by atoms with van der Waals surface area (Å²) in [4.78, 5) is 19.2. The third kappa shape index (κ3) is 4.41. The van der Waals surface area contributed by atoms with Crippen molar-refractivity contribution in [2.24, 2.45) is 5.73 Å². The standard InChI is InChI=1S/C21H25ClN6O2S/c1-14-20(2,12-23)31-21(3,28(14)17-11-16(22)25-13-26-17)30-10-9-29-18-7-6-15-5-4-8-24-19(15)27-18/h4-8,11,13-14H,9-10,12,23H2,1-3H3. The molecular weight excluding hydrogens is 436 g/mol. The molecule has 3 unspecified atom stereocenters. The van der Waals surface area contributed by atoms with E-state index in [0.717, 1.165) is 5.39 Å². The first-order valence-corrected chi connectivity index (χ1v) is 11.2. The Morgan fingerprint density at radius 2 is 2.03 bits per heavy atom. The summed E-state index contributed by atoms with van der Waals surface area (Å²) in [5, 5.41) is 0.646. The van der Waals surface area contributed by atoms with E-state index < -0.39 is 5.06 Å². The lowest BCUT2D eigenvalue weighted by Gasteiger charge is -2.37. The van der Waals surface area contributed by atoms with Crippen LogP contribution < -0.4 is 15.4 Å². The predicted molar refractivity (Wildman–Crippen MR) is 123 cm³/mol. The fourth-order valence-electron chi connectivity index (χ4n) is 3.76. The van der Waals surface area contributed by atoms with Crippen molar-refractivity contribution in [3.05, 3.63) is 48.0 Å². The van der Waals surface area contributed by atoms with Crippen molar-refractivity contribution in [1.29, 1.82) is 0 Å². The van der Waals surface area contributed by atoms with E-state index in [1.54, 1.807) is 24.0 Å². The van der Waals surface area contributed by atoms with Gasteiger partial charge in [-0.1, -0.05) is 23.4 Å². The van der Waals surface area contributed by atoms with Gasteiger partial charge in [0.1, 0.15) is 23.9 Å². The van der Waals surface area contributed by atoms with E-state index >= 15 is 0 Å². The second-order valence-electron chi connectivity index (χ2n) is 7.66. The van der Waals surface area contributed by atoms with Crippen molar-refractivity contribution < 1.29 is 9.47 Å². The summed E-state index contributed by atoms with van der Waals surface area (Å²) in [6.07, 6.45) is 3.17. The smallest absolute Gasteiger partial charge is 0.215 e. The molecule has 10 heteroatoms. The van der Waals surface area contributed by atoms with Crippen molar-refractivity contribution >= 4 is 40.2 Å². The van der Waals surface area contributed by atoms with E-state index in [1.807, 2.05) is 31.2 Å². The van der Waals surface area contributed by atoms with Gasteiger partial charge in [-0.3, -0.25) is 0 Å². The van der Waals surface area contributed by atoms with Gasteiger partial charge in [0.15, 0.2) is 10.7 Å². The highest BCUT2D eigenvalue weighted by molar-refractivity contribution is 8.02. The lowest BCUT2D eigenvalue weighted by molar-refractivity contribution is 0.0189. The molecule has 0 radical (unpaired) electrons. The van der Waals surface area contributed by atoms with Crippen molar-refractivity contribution in [2.45, 2.75) is 36.6 Å².